The monoisotopic (exact) mass is 317 g/mol. The number of aryl methyl sites for hydroxylation is 2. The van der Waals surface area contributed by atoms with E-state index in [-0.39, 0.29) is 12.0 Å². The van der Waals surface area contributed by atoms with Crippen molar-refractivity contribution in [3.8, 4) is 0 Å². The van der Waals surface area contributed by atoms with Crippen molar-refractivity contribution < 1.29 is 9.63 Å². The highest BCUT2D eigenvalue weighted by Crippen LogP contribution is 2.45. The van der Waals surface area contributed by atoms with Gasteiger partial charge in [0.25, 0.3) is 0 Å². The molecule has 1 N–H and O–H groups in total. The number of fused-ring (bicyclic) bond motifs is 1. The van der Waals surface area contributed by atoms with Gasteiger partial charge in [0, 0.05) is 23.6 Å². The van der Waals surface area contributed by atoms with Crippen molar-refractivity contribution >= 4 is 0 Å². The van der Waals surface area contributed by atoms with Crippen LogP contribution in [-0.2, 0) is 31.2 Å². The average Bonchev–Trinajstić information content (AvgIpc) is 3.15. The Morgan fingerprint density at radius 2 is 2.26 bits per heavy atom. The highest BCUT2D eigenvalue weighted by atomic mass is 16.5. The topological polar surface area (TPSA) is 64.1 Å². The van der Waals surface area contributed by atoms with Crippen LogP contribution in [0.3, 0.4) is 0 Å². The fraction of sp³-hybridized carbons (Fsp3) is 0.667. The normalized spacial score (nSPS) is 23.9. The Labute approximate surface area is 137 Å². The van der Waals surface area contributed by atoms with E-state index in [1.807, 2.05) is 10.9 Å². The van der Waals surface area contributed by atoms with Gasteiger partial charge in [0.15, 0.2) is 0 Å². The van der Waals surface area contributed by atoms with Gasteiger partial charge < -0.3 is 9.63 Å². The molecule has 2 atom stereocenters. The molecule has 2 aromatic rings. The van der Waals surface area contributed by atoms with Crippen LogP contribution in [0.15, 0.2) is 16.9 Å². The van der Waals surface area contributed by atoms with E-state index in [0.29, 0.717) is 12.5 Å². The van der Waals surface area contributed by atoms with E-state index >= 15 is 0 Å². The fourth-order valence-corrected chi connectivity index (χ4v) is 4.18. The third kappa shape index (κ3) is 2.82. The maximum atomic E-state index is 9.20. The van der Waals surface area contributed by atoms with Crippen LogP contribution in [0.2, 0.25) is 0 Å². The van der Waals surface area contributed by atoms with Crippen molar-refractivity contribution in [3.63, 3.8) is 0 Å². The molecular formula is C18H27N3O2. The van der Waals surface area contributed by atoms with Crippen LogP contribution in [0.1, 0.15) is 56.2 Å². The van der Waals surface area contributed by atoms with Gasteiger partial charge in [-0.1, -0.05) is 32.3 Å². The first-order chi connectivity index (χ1) is 11.1. The Morgan fingerprint density at radius 3 is 2.96 bits per heavy atom. The van der Waals surface area contributed by atoms with E-state index in [9.17, 15) is 5.11 Å². The summed E-state index contributed by atoms with van der Waals surface area (Å²) < 4.78 is 7.29. The zero-order valence-corrected chi connectivity index (χ0v) is 14.4. The molecule has 0 aliphatic heterocycles. The number of aliphatic hydroxyl groups is 1. The zero-order valence-electron chi connectivity index (χ0n) is 14.4. The Kier molecular flexibility index (Phi) is 4.57. The number of aromatic nitrogens is 3. The van der Waals surface area contributed by atoms with E-state index in [2.05, 4.69) is 32.1 Å². The smallest absolute Gasteiger partial charge is 0.139 e. The van der Waals surface area contributed by atoms with E-state index in [4.69, 9.17) is 9.62 Å². The van der Waals surface area contributed by atoms with Crippen LogP contribution in [0.4, 0.5) is 0 Å². The maximum absolute atomic E-state index is 9.20. The molecule has 0 aromatic carbocycles. The second-order valence-electron chi connectivity index (χ2n) is 6.86. The fourth-order valence-electron chi connectivity index (χ4n) is 4.18. The molecule has 1 aliphatic rings. The van der Waals surface area contributed by atoms with Crippen LogP contribution in [-0.4, -0.2) is 26.7 Å². The van der Waals surface area contributed by atoms with E-state index in [1.165, 1.54) is 23.2 Å². The average molecular weight is 317 g/mol. The molecule has 2 aromatic heterocycles. The van der Waals surface area contributed by atoms with Gasteiger partial charge in [0.2, 0.25) is 0 Å². The summed E-state index contributed by atoms with van der Waals surface area (Å²) >= 11 is 0. The third-order valence-electron chi connectivity index (χ3n) is 5.47. The second kappa shape index (κ2) is 6.48. The summed E-state index contributed by atoms with van der Waals surface area (Å²) in [5.74, 6) is 1.59. The SMILES string of the molecule is CCc1oncc1C[C@]1(C)c2nn(CCO)cc2CC[C@H]1CC. The molecule has 23 heavy (non-hydrogen) atoms. The number of rotatable bonds is 6. The molecular weight excluding hydrogens is 290 g/mol. The van der Waals surface area contributed by atoms with E-state index in [1.54, 1.807) is 0 Å². The molecule has 1 aliphatic carbocycles. The van der Waals surface area contributed by atoms with Gasteiger partial charge in [-0.15, -0.1) is 0 Å². The highest BCUT2D eigenvalue weighted by molar-refractivity contribution is 5.33. The standard InChI is InChI=1S/C18H27N3O2/c1-4-15-7-6-13-12-21(8-9-22)20-17(13)18(15,3)10-14-11-19-23-16(14)5-2/h11-12,15,22H,4-10H2,1-3H3/t15-,18+/m1/s1. The summed E-state index contributed by atoms with van der Waals surface area (Å²) in [7, 11) is 0. The van der Waals surface area contributed by atoms with Gasteiger partial charge in [-0.3, -0.25) is 4.68 Å². The minimum atomic E-state index is -0.00148. The molecule has 0 unspecified atom stereocenters. The predicted molar refractivity (Wildman–Crippen MR) is 88.4 cm³/mol. The summed E-state index contributed by atoms with van der Waals surface area (Å²) in [5, 5.41) is 18.0. The Hall–Kier alpha value is -1.62. The Balaban J connectivity index is 2.00. The van der Waals surface area contributed by atoms with Crippen LogP contribution < -0.4 is 0 Å². The van der Waals surface area contributed by atoms with E-state index in [0.717, 1.165) is 31.4 Å². The summed E-state index contributed by atoms with van der Waals surface area (Å²) in [6, 6.07) is 0. The summed E-state index contributed by atoms with van der Waals surface area (Å²) in [5.41, 5.74) is 3.74. The van der Waals surface area contributed by atoms with Crippen LogP contribution >= 0.6 is 0 Å². The van der Waals surface area contributed by atoms with Crippen molar-refractivity contribution in [2.45, 2.75) is 64.8 Å². The first-order valence-corrected chi connectivity index (χ1v) is 8.72. The molecule has 2 heterocycles. The lowest BCUT2D eigenvalue weighted by Gasteiger charge is -2.40. The number of aliphatic hydroxyl groups excluding tert-OH is 1. The molecule has 0 saturated carbocycles. The molecule has 0 fully saturated rings. The molecule has 0 saturated heterocycles. The van der Waals surface area contributed by atoms with E-state index < -0.39 is 0 Å². The molecule has 126 valence electrons. The minimum Gasteiger partial charge on any atom is -0.394 e. The Bertz CT molecular complexity index is 661. The van der Waals surface area contributed by atoms with Gasteiger partial charge in [0.1, 0.15) is 5.76 Å². The van der Waals surface area contributed by atoms with Crippen molar-refractivity contribution in [2.75, 3.05) is 6.61 Å². The van der Waals surface area contributed by atoms with Gasteiger partial charge in [-0.05, 0) is 30.7 Å². The lowest BCUT2D eigenvalue weighted by atomic mass is 9.63. The van der Waals surface area contributed by atoms with Gasteiger partial charge in [-0.2, -0.15) is 5.10 Å². The van der Waals surface area contributed by atoms with Crippen molar-refractivity contribution in [2.24, 2.45) is 5.92 Å². The highest BCUT2D eigenvalue weighted by Gasteiger charge is 2.42. The number of hydrogen-bond acceptors (Lipinski definition) is 4. The third-order valence-corrected chi connectivity index (χ3v) is 5.47. The quantitative estimate of drug-likeness (QED) is 0.890. The molecule has 3 rings (SSSR count). The van der Waals surface area contributed by atoms with Crippen molar-refractivity contribution in [3.05, 3.63) is 35.0 Å². The van der Waals surface area contributed by atoms with Crippen LogP contribution in [0.25, 0.3) is 0 Å². The maximum Gasteiger partial charge on any atom is 0.139 e. The molecule has 0 radical (unpaired) electrons. The zero-order chi connectivity index (χ0) is 16.4. The molecule has 0 amide bonds. The lowest BCUT2D eigenvalue weighted by Crippen LogP contribution is -2.39. The first-order valence-electron chi connectivity index (χ1n) is 8.72. The minimum absolute atomic E-state index is 0.00148. The summed E-state index contributed by atoms with van der Waals surface area (Å²) in [6.07, 6.45) is 9.20. The van der Waals surface area contributed by atoms with Crippen molar-refractivity contribution in [1.82, 2.24) is 14.9 Å². The van der Waals surface area contributed by atoms with Gasteiger partial charge >= 0.3 is 0 Å². The predicted octanol–water partition coefficient (Wildman–Crippen LogP) is 2.90. The largest absolute Gasteiger partial charge is 0.394 e. The number of nitrogens with zero attached hydrogens (tertiary/aromatic N) is 3. The number of hydrogen-bond donors (Lipinski definition) is 1. The molecule has 0 bridgehead atoms. The molecule has 0 spiro atoms. The first kappa shape index (κ1) is 16.2. The summed E-state index contributed by atoms with van der Waals surface area (Å²) in [4.78, 5) is 0. The lowest BCUT2D eigenvalue weighted by molar-refractivity contribution is 0.234. The molecule has 5 heteroatoms. The van der Waals surface area contributed by atoms with Gasteiger partial charge in [0.05, 0.1) is 25.0 Å². The second-order valence-corrected chi connectivity index (χ2v) is 6.86. The van der Waals surface area contributed by atoms with Crippen LogP contribution in [0.5, 0.6) is 0 Å². The summed E-state index contributed by atoms with van der Waals surface area (Å²) in [6.45, 7) is 7.40. The Morgan fingerprint density at radius 1 is 1.43 bits per heavy atom. The molecule has 5 nitrogen and oxygen atoms in total. The van der Waals surface area contributed by atoms with Gasteiger partial charge in [-0.25, -0.2) is 0 Å². The van der Waals surface area contributed by atoms with Crippen molar-refractivity contribution in [1.29, 1.82) is 0 Å². The van der Waals surface area contributed by atoms with Crippen LogP contribution in [0, 0.1) is 5.92 Å².